The van der Waals surface area contributed by atoms with Gasteiger partial charge in [-0.25, -0.2) is 9.78 Å². The standard InChI is InChI=1S/C12H10ClNO2/c1-7-3-4-8-9(12(15)16-2)6-11(13)14-10(8)5-7/h3-6H,1-2H3. The molecule has 0 atom stereocenters. The van der Waals surface area contributed by atoms with Crippen LogP contribution in [0, 0.1) is 6.92 Å². The van der Waals surface area contributed by atoms with Crippen LogP contribution >= 0.6 is 11.6 Å². The zero-order chi connectivity index (χ0) is 11.7. The first kappa shape index (κ1) is 10.9. The van der Waals surface area contributed by atoms with E-state index in [1.165, 1.54) is 13.2 Å². The molecule has 0 unspecified atom stereocenters. The minimum absolute atomic E-state index is 0.290. The number of carbonyl (C=O) groups excluding carboxylic acids is 1. The fraction of sp³-hybridized carbons (Fsp3) is 0.167. The van der Waals surface area contributed by atoms with Crippen molar-refractivity contribution in [3.05, 3.63) is 40.5 Å². The van der Waals surface area contributed by atoms with Crippen LogP contribution in [0.15, 0.2) is 24.3 Å². The van der Waals surface area contributed by atoms with Gasteiger partial charge in [-0.1, -0.05) is 23.7 Å². The van der Waals surface area contributed by atoms with E-state index in [4.69, 9.17) is 16.3 Å². The normalized spacial score (nSPS) is 10.4. The summed E-state index contributed by atoms with van der Waals surface area (Å²) in [4.78, 5) is 15.7. The second kappa shape index (κ2) is 4.10. The van der Waals surface area contributed by atoms with Crippen LogP contribution in [0.5, 0.6) is 0 Å². The molecule has 0 aliphatic rings. The molecule has 0 aliphatic heterocycles. The van der Waals surface area contributed by atoms with Crippen molar-refractivity contribution in [1.82, 2.24) is 4.98 Å². The number of pyridine rings is 1. The van der Waals surface area contributed by atoms with Gasteiger partial charge in [0.25, 0.3) is 0 Å². The van der Waals surface area contributed by atoms with Crippen LogP contribution in [0.4, 0.5) is 0 Å². The lowest BCUT2D eigenvalue weighted by molar-refractivity contribution is 0.0603. The first-order valence-corrected chi connectivity index (χ1v) is 5.15. The van der Waals surface area contributed by atoms with Crippen molar-refractivity contribution in [3.63, 3.8) is 0 Å². The number of carbonyl (C=O) groups is 1. The number of ether oxygens (including phenoxy) is 1. The Kier molecular flexibility index (Phi) is 2.79. The van der Waals surface area contributed by atoms with Crippen molar-refractivity contribution in [2.45, 2.75) is 6.92 Å². The highest BCUT2D eigenvalue weighted by Gasteiger charge is 2.12. The van der Waals surface area contributed by atoms with E-state index in [-0.39, 0.29) is 0 Å². The zero-order valence-corrected chi connectivity index (χ0v) is 9.71. The third-order valence-corrected chi connectivity index (χ3v) is 2.53. The highest BCUT2D eigenvalue weighted by molar-refractivity contribution is 6.30. The van der Waals surface area contributed by atoms with Crippen molar-refractivity contribution >= 4 is 28.5 Å². The summed E-state index contributed by atoms with van der Waals surface area (Å²) in [5.41, 5.74) is 2.21. The summed E-state index contributed by atoms with van der Waals surface area (Å²) in [6, 6.07) is 7.17. The molecule has 0 saturated carbocycles. The second-order valence-corrected chi connectivity index (χ2v) is 3.89. The summed E-state index contributed by atoms with van der Waals surface area (Å²) in [6.45, 7) is 1.96. The highest BCUT2D eigenvalue weighted by atomic mass is 35.5. The molecular formula is C12H10ClNO2. The number of aromatic nitrogens is 1. The Morgan fingerprint density at radius 1 is 1.38 bits per heavy atom. The summed E-state index contributed by atoms with van der Waals surface area (Å²) in [5, 5.41) is 1.04. The van der Waals surface area contributed by atoms with Crippen LogP contribution < -0.4 is 0 Å². The van der Waals surface area contributed by atoms with Crippen LogP contribution in [0.25, 0.3) is 10.9 Å². The zero-order valence-electron chi connectivity index (χ0n) is 8.95. The molecule has 0 amide bonds. The molecule has 0 spiro atoms. The molecule has 3 nitrogen and oxygen atoms in total. The number of methoxy groups -OCH3 is 1. The molecular weight excluding hydrogens is 226 g/mol. The van der Waals surface area contributed by atoms with Gasteiger partial charge in [0, 0.05) is 5.39 Å². The number of aryl methyl sites for hydroxylation is 1. The number of esters is 1. The number of fused-ring (bicyclic) bond motifs is 1. The summed E-state index contributed by atoms with van der Waals surface area (Å²) in [7, 11) is 1.34. The third kappa shape index (κ3) is 1.86. The van der Waals surface area contributed by atoms with Crippen molar-refractivity contribution in [2.24, 2.45) is 0 Å². The molecule has 2 aromatic rings. The van der Waals surface area contributed by atoms with Gasteiger partial charge >= 0.3 is 5.97 Å². The Hall–Kier alpha value is -1.61. The Labute approximate surface area is 98.0 Å². The van der Waals surface area contributed by atoms with Crippen LogP contribution in [0.3, 0.4) is 0 Å². The highest BCUT2D eigenvalue weighted by Crippen LogP contribution is 2.22. The van der Waals surface area contributed by atoms with E-state index in [1.807, 2.05) is 25.1 Å². The predicted molar refractivity (Wildman–Crippen MR) is 62.8 cm³/mol. The number of nitrogens with zero attached hydrogens (tertiary/aromatic N) is 1. The lowest BCUT2D eigenvalue weighted by atomic mass is 10.1. The van der Waals surface area contributed by atoms with Crippen LogP contribution in [-0.4, -0.2) is 18.1 Å². The van der Waals surface area contributed by atoms with Crippen molar-refractivity contribution < 1.29 is 9.53 Å². The van der Waals surface area contributed by atoms with Crippen LogP contribution in [0.2, 0.25) is 5.15 Å². The summed E-state index contributed by atoms with van der Waals surface area (Å²) >= 11 is 5.86. The average molecular weight is 236 g/mol. The molecule has 0 radical (unpaired) electrons. The Bertz CT molecular complexity index is 561. The molecule has 1 aromatic carbocycles. The van der Waals surface area contributed by atoms with Gasteiger partial charge in [-0.3, -0.25) is 0 Å². The maximum atomic E-state index is 11.6. The molecule has 0 saturated heterocycles. The monoisotopic (exact) mass is 235 g/mol. The first-order chi connectivity index (χ1) is 7.61. The number of benzene rings is 1. The molecule has 1 aromatic heterocycles. The van der Waals surface area contributed by atoms with Crippen LogP contribution in [-0.2, 0) is 4.74 Å². The topological polar surface area (TPSA) is 39.2 Å². The van der Waals surface area contributed by atoms with Crippen molar-refractivity contribution in [1.29, 1.82) is 0 Å². The minimum Gasteiger partial charge on any atom is -0.465 e. The van der Waals surface area contributed by atoms with Gasteiger partial charge in [-0.2, -0.15) is 0 Å². The van der Waals surface area contributed by atoms with E-state index in [0.717, 1.165) is 10.9 Å². The third-order valence-electron chi connectivity index (χ3n) is 2.34. The Balaban J connectivity index is 2.77. The van der Waals surface area contributed by atoms with Gasteiger partial charge in [0.05, 0.1) is 18.2 Å². The summed E-state index contributed by atoms with van der Waals surface area (Å²) < 4.78 is 4.70. The number of hydrogen-bond acceptors (Lipinski definition) is 3. The fourth-order valence-corrected chi connectivity index (χ4v) is 1.79. The maximum absolute atomic E-state index is 11.6. The molecule has 0 aliphatic carbocycles. The van der Waals surface area contributed by atoms with Gasteiger partial charge < -0.3 is 4.74 Å². The first-order valence-electron chi connectivity index (χ1n) is 4.77. The predicted octanol–water partition coefficient (Wildman–Crippen LogP) is 2.98. The number of halogens is 1. The van der Waals surface area contributed by atoms with E-state index >= 15 is 0 Å². The number of hydrogen-bond donors (Lipinski definition) is 0. The Morgan fingerprint density at radius 2 is 2.12 bits per heavy atom. The molecule has 1 heterocycles. The van der Waals surface area contributed by atoms with Crippen molar-refractivity contribution in [2.75, 3.05) is 7.11 Å². The van der Waals surface area contributed by atoms with E-state index in [9.17, 15) is 4.79 Å². The minimum atomic E-state index is -0.404. The molecule has 0 N–H and O–H groups in total. The smallest absolute Gasteiger partial charge is 0.338 e. The quantitative estimate of drug-likeness (QED) is 0.564. The van der Waals surface area contributed by atoms with Gasteiger partial charge in [0.1, 0.15) is 5.15 Å². The average Bonchev–Trinajstić information content (AvgIpc) is 2.26. The van der Waals surface area contributed by atoms with Gasteiger partial charge in [0.15, 0.2) is 0 Å². The lowest BCUT2D eigenvalue weighted by Gasteiger charge is -2.05. The van der Waals surface area contributed by atoms with E-state index in [0.29, 0.717) is 16.2 Å². The molecule has 0 fully saturated rings. The molecule has 2 rings (SSSR count). The van der Waals surface area contributed by atoms with Gasteiger partial charge in [-0.15, -0.1) is 0 Å². The fourth-order valence-electron chi connectivity index (χ4n) is 1.58. The lowest BCUT2D eigenvalue weighted by Crippen LogP contribution is -2.03. The SMILES string of the molecule is COC(=O)c1cc(Cl)nc2cc(C)ccc12. The van der Waals surface area contributed by atoms with Crippen LogP contribution in [0.1, 0.15) is 15.9 Å². The largest absolute Gasteiger partial charge is 0.465 e. The van der Waals surface area contributed by atoms with E-state index in [1.54, 1.807) is 0 Å². The van der Waals surface area contributed by atoms with E-state index in [2.05, 4.69) is 4.98 Å². The molecule has 16 heavy (non-hydrogen) atoms. The molecule has 82 valence electrons. The second-order valence-electron chi connectivity index (χ2n) is 3.50. The van der Waals surface area contributed by atoms with Gasteiger partial charge in [0.2, 0.25) is 0 Å². The molecule has 0 bridgehead atoms. The Morgan fingerprint density at radius 3 is 2.81 bits per heavy atom. The van der Waals surface area contributed by atoms with E-state index < -0.39 is 5.97 Å². The summed E-state index contributed by atoms with van der Waals surface area (Å²) in [5.74, 6) is -0.404. The van der Waals surface area contributed by atoms with Crippen molar-refractivity contribution in [3.8, 4) is 0 Å². The number of rotatable bonds is 1. The summed E-state index contributed by atoms with van der Waals surface area (Å²) in [6.07, 6.45) is 0. The maximum Gasteiger partial charge on any atom is 0.338 e. The molecule has 4 heteroatoms. The van der Waals surface area contributed by atoms with Gasteiger partial charge in [-0.05, 0) is 24.6 Å².